The van der Waals surface area contributed by atoms with E-state index in [-0.39, 0.29) is 23.3 Å². The molecule has 0 fully saturated rings. The Morgan fingerprint density at radius 2 is 1.88 bits per heavy atom. The molecule has 84 valence electrons. The second kappa shape index (κ2) is 4.48. The lowest BCUT2D eigenvalue weighted by atomic mass is 9.97. The third-order valence-corrected chi connectivity index (χ3v) is 2.08. The molecular weight excluding hydrogens is 212 g/mol. The summed E-state index contributed by atoms with van der Waals surface area (Å²) in [4.78, 5) is 21.8. The van der Waals surface area contributed by atoms with E-state index < -0.39 is 17.5 Å². The Bertz CT molecular complexity index is 462. The van der Waals surface area contributed by atoms with E-state index in [1.165, 1.54) is 6.08 Å². The Hall–Kier alpha value is -2.30. The maximum atomic E-state index is 11.0. The van der Waals surface area contributed by atoms with Crippen molar-refractivity contribution >= 4 is 11.9 Å². The first-order valence-electron chi connectivity index (χ1n) is 4.41. The van der Waals surface area contributed by atoms with Gasteiger partial charge in [-0.05, 0) is 18.6 Å². The highest BCUT2D eigenvalue weighted by atomic mass is 16.4. The first kappa shape index (κ1) is 11.8. The molecule has 5 nitrogen and oxygen atoms in total. The number of hydrogen-bond acceptors (Lipinski definition) is 3. The largest absolute Gasteiger partial charge is 0.508 e. The minimum absolute atomic E-state index is 0.0578. The van der Waals surface area contributed by atoms with E-state index in [0.717, 1.165) is 12.1 Å². The zero-order valence-corrected chi connectivity index (χ0v) is 8.30. The van der Waals surface area contributed by atoms with Gasteiger partial charge < -0.3 is 15.3 Å². The second-order valence-electron chi connectivity index (χ2n) is 3.09. The lowest BCUT2D eigenvalue weighted by Gasteiger charge is -2.09. The summed E-state index contributed by atoms with van der Waals surface area (Å²) in [6.07, 6.45) is 1.49. The zero-order valence-electron chi connectivity index (χ0n) is 8.30. The molecule has 5 heteroatoms. The molecule has 16 heavy (non-hydrogen) atoms. The van der Waals surface area contributed by atoms with Crippen LogP contribution in [0.3, 0.4) is 0 Å². The third kappa shape index (κ3) is 2.03. The maximum absolute atomic E-state index is 11.0. The quantitative estimate of drug-likeness (QED) is 0.671. The van der Waals surface area contributed by atoms with Crippen molar-refractivity contribution < 1.29 is 24.9 Å². The van der Waals surface area contributed by atoms with Crippen LogP contribution in [0, 0.1) is 0 Å². The van der Waals surface area contributed by atoms with Crippen LogP contribution in [0.15, 0.2) is 24.8 Å². The molecular formula is C11H10O5. The molecule has 0 aromatic heterocycles. The molecule has 0 spiro atoms. The van der Waals surface area contributed by atoms with Crippen LogP contribution in [-0.4, -0.2) is 27.3 Å². The standard InChI is InChI=1S/C11H10O5/c1-2-3-6-8(12)5-4-7(10(13)14)9(6)11(15)16/h2,4-5,12H,1,3H2,(H,13,14)(H,15,16). The summed E-state index contributed by atoms with van der Waals surface area (Å²) in [5.41, 5.74) is -0.683. The Morgan fingerprint density at radius 3 is 2.31 bits per heavy atom. The number of hydrogen-bond donors (Lipinski definition) is 3. The number of carboxylic acids is 2. The summed E-state index contributed by atoms with van der Waals surface area (Å²) < 4.78 is 0. The number of carbonyl (C=O) groups is 2. The van der Waals surface area contributed by atoms with Crippen LogP contribution >= 0.6 is 0 Å². The summed E-state index contributed by atoms with van der Waals surface area (Å²) in [6, 6.07) is 2.22. The van der Waals surface area contributed by atoms with E-state index in [2.05, 4.69) is 6.58 Å². The minimum atomic E-state index is -1.38. The highest BCUT2D eigenvalue weighted by molar-refractivity contribution is 6.03. The molecule has 0 aliphatic carbocycles. The van der Waals surface area contributed by atoms with Gasteiger partial charge in [0.2, 0.25) is 0 Å². The van der Waals surface area contributed by atoms with Crippen molar-refractivity contribution in [1.29, 1.82) is 0 Å². The van der Waals surface area contributed by atoms with Crippen LogP contribution < -0.4 is 0 Å². The van der Waals surface area contributed by atoms with Gasteiger partial charge in [-0.2, -0.15) is 0 Å². The fraction of sp³-hybridized carbons (Fsp3) is 0.0909. The van der Waals surface area contributed by atoms with Gasteiger partial charge in [-0.15, -0.1) is 6.58 Å². The summed E-state index contributed by atoms with van der Waals surface area (Å²) in [6.45, 7) is 3.42. The average molecular weight is 222 g/mol. The number of phenols is 1. The van der Waals surface area contributed by atoms with E-state index in [0.29, 0.717) is 0 Å². The lowest BCUT2D eigenvalue weighted by molar-refractivity contribution is 0.0650. The summed E-state index contributed by atoms with van der Waals surface area (Å²) in [5, 5.41) is 27.2. The van der Waals surface area contributed by atoms with E-state index in [1.807, 2.05) is 0 Å². The smallest absolute Gasteiger partial charge is 0.337 e. The number of aromatic hydroxyl groups is 1. The van der Waals surface area contributed by atoms with E-state index >= 15 is 0 Å². The molecule has 0 radical (unpaired) electrons. The SMILES string of the molecule is C=CCc1c(O)ccc(C(=O)O)c1C(=O)O. The van der Waals surface area contributed by atoms with Gasteiger partial charge in [-0.1, -0.05) is 6.08 Å². The van der Waals surface area contributed by atoms with Gasteiger partial charge in [0.15, 0.2) is 0 Å². The molecule has 1 aromatic rings. The van der Waals surface area contributed by atoms with Gasteiger partial charge in [0, 0.05) is 5.56 Å². The van der Waals surface area contributed by atoms with Gasteiger partial charge in [0.1, 0.15) is 5.75 Å². The molecule has 0 atom stereocenters. The Balaban J connectivity index is 3.55. The van der Waals surface area contributed by atoms with Gasteiger partial charge in [-0.25, -0.2) is 9.59 Å². The fourth-order valence-electron chi connectivity index (χ4n) is 1.41. The molecule has 1 aromatic carbocycles. The Labute approximate surface area is 91.3 Å². The Morgan fingerprint density at radius 1 is 1.25 bits per heavy atom. The monoisotopic (exact) mass is 222 g/mol. The maximum Gasteiger partial charge on any atom is 0.337 e. The van der Waals surface area contributed by atoms with Crippen LogP contribution in [0.1, 0.15) is 26.3 Å². The molecule has 0 heterocycles. The highest BCUT2D eigenvalue weighted by Crippen LogP contribution is 2.25. The first-order valence-corrected chi connectivity index (χ1v) is 4.41. The van der Waals surface area contributed by atoms with E-state index in [4.69, 9.17) is 10.2 Å². The summed E-state index contributed by atoms with van der Waals surface area (Å²) in [7, 11) is 0. The van der Waals surface area contributed by atoms with Crippen LogP contribution in [-0.2, 0) is 6.42 Å². The van der Waals surface area contributed by atoms with Crippen LogP contribution in [0.4, 0.5) is 0 Å². The van der Waals surface area contributed by atoms with Crippen molar-refractivity contribution in [2.24, 2.45) is 0 Å². The molecule has 0 aliphatic heterocycles. The highest BCUT2D eigenvalue weighted by Gasteiger charge is 2.21. The zero-order chi connectivity index (χ0) is 12.3. The summed E-state index contributed by atoms with van der Waals surface area (Å²) in [5.74, 6) is -2.98. The number of benzene rings is 1. The number of rotatable bonds is 4. The van der Waals surface area contributed by atoms with Crippen LogP contribution in [0.5, 0.6) is 5.75 Å². The number of aromatic carboxylic acids is 2. The molecule has 0 saturated carbocycles. The molecule has 0 bridgehead atoms. The van der Waals surface area contributed by atoms with Crippen molar-refractivity contribution in [3.05, 3.63) is 41.5 Å². The predicted octanol–water partition coefficient (Wildman–Crippen LogP) is 1.52. The average Bonchev–Trinajstić information content (AvgIpc) is 2.20. The number of allylic oxidation sites excluding steroid dienone is 1. The fourth-order valence-corrected chi connectivity index (χ4v) is 1.41. The van der Waals surface area contributed by atoms with Crippen molar-refractivity contribution in [3.63, 3.8) is 0 Å². The minimum Gasteiger partial charge on any atom is -0.508 e. The van der Waals surface area contributed by atoms with E-state index in [1.54, 1.807) is 0 Å². The second-order valence-corrected chi connectivity index (χ2v) is 3.09. The van der Waals surface area contributed by atoms with Gasteiger partial charge in [0.25, 0.3) is 0 Å². The Kier molecular flexibility index (Phi) is 3.30. The van der Waals surface area contributed by atoms with Crippen molar-refractivity contribution in [2.75, 3.05) is 0 Å². The van der Waals surface area contributed by atoms with Crippen molar-refractivity contribution in [3.8, 4) is 5.75 Å². The molecule has 1 rings (SSSR count). The predicted molar refractivity (Wildman–Crippen MR) is 55.9 cm³/mol. The molecule has 3 N–H and O–H groups in total. The molecule has 0 saturated heterocycles. The van der Waals surface area contributed by atoms with E-state index in [9.17, 15) is 14.7 Å². The van der Waals surface area contributed by atoms with Gasteiger partial charge in [0.05, 0.1) is 11.1 Å². The van der Waals surface area contributed by atoms with Crippen LogP contribution in [0.2, 0.25) is 0 Å². The van der Waals surface area contributed by atoms with Crippen molar-refractivity contribution in [2.45, 2.75) is 6.42 Å². The normalized spacial score (nSPS) is 9.75. The topological polar surface area (TPSA) is 94.8 Å². The number of carboxylic acid groups (broad SMARTS) is 2. The third-order valence-electron chi connectivity index (χ3n) is 2.08. The lowest BCUT2D eigenvalue weighted by Crippen LogP contribution is -2.11. The first-order chi connectivity index (χ1) is 7.49. The summed E-state index contributed by atoms with van der Waals surface area (Å²) >= 11 is 0. The van der Waals surface area contributed by atoms with Crippen LogP contribution in [0.25, 0.3) is 0 Å². The van der Waals surface area contributed by atoms with Crippen molar-refractivity contribution in [1.82, 2.24) is 0 Å². The van der Waals surface area contributed by atoms with Gasteiger partial charge >= 0.3 is 11.9 Å². The molecule has 0 aliphatic rings. The molecule has 0 unspecified atom stereocenters. The number of phenolic OH excluding ortho intramolecular Hbond substituents is 1. The van der Waals surface area contributed by atoms with Gasteiger partial charge in [-0.3, -0.25) is 0 Å². The molecule has 0 amide bonds.